The molecule has 0 unspecified atom stereocenters. The van der Waals surface area contributed by atoms with Gasteiger partial charge in [-0.1, -0.05) is 34.1 Å². The van der Waals surface area contributed by atoms with Crippen LogP contribution in [0.15, 0.2) is 56.5 Å². The average molecular weight is 500 g/mol. The molecule has 2 aromatic carbocycles. The summed E-state index contributed by atoms with van der Waals surface area (Å²) in [6, 6.07) is 12.1. The van der Waals surface area contributed by atoms with Gasteiger partial charge in [0.1, 0.15) is 0 Å². The molecule has 0 aliphatic rings. The second-order valence-electron chi connectivity index (χ2n) is 7.53. The lowest BCUT2D eigenvalue weighted by molar-refractivity contribution is 0.403. The maximum atomic E-state index is 13.2. The molecule has 0 atom stereocenters. The number of anilines is 1. The molecular weight excluding hydrogens is 478 g/mol. The van der Waals surface area contributed by atoms with E-state index in [0.717, 1.165) is 15.6 Å². The van der Waals surface area contributed by atoms with Crippen LogP contribution in [-0.4, -0.2) is 35.4 Å². The van der Waals surface area contributed by atoms with E-state index in [1.807, 2.05) is 24.3 Å². The topological polar surface area (TPSA) is 114 Å². The van der Waals surface area contributed by atoms with Crippen LogP contribution in [0.1, 0.15) is 11.1 Å². The molecule has 2 aromatic heterocycles. The third-order valence-corrected chi connectivity index (χ3v) is 5.88. The fourth-order valence-corrected chi connectivity index (χ4v) is 3.82. The predicted molar refractivity (Wildman–Crippen MR) is 125 cm³/mol. The van der Waals surface area contributed by atoms with E-state index in [1.165, 1.54) is 21.3 Å². The number of halogens is 1. The minimum atomic E-state index is -0.436. The Morgan fingerprint density at radius 1 is 0.969 bits per heavy atom. The van der Waals surface area contributed by atoms with Gasteiger partial charge in [-0.3, -0.25) is 13.9 Å². The molecule has 10 heteroatoms. The molecule has 9 nitrogen and oxygen atoms in total. The van der Waals surface area contributed by atoms with Crippen LogP contribution in [0, 0.1) is 0 Å². The lowest BCUT2D eigenvalue weighted by Crippen LogP contribution is -2.39. The van der Waals surface area contributed by atoms with E-state index in [9.17, 15) is 19.8 Å². The summed E-state index contributed by atoms with van der Waals surface area (Å²) in [6.07, 6.45) is 0.559. The molecule has 0 fully saturated rings. The number of imidazole rings is 1. The Hall–Kier alpha value is -3.53. The van der Waals surface area contributed by atoms with Crippen molar-refractivity contribution in [2.75, 3.05) is 11.9 Å². The van der Waals surface area contributed by atoms with E-state index in [1.54, 1.807) is 24.7 Å². The van der Waals surface area contributed by atoms with Gasteiger partial charge in [0.25, 0.3) is 5.56 Å². The highest BCUT2D eigenvalue weighted by atomic mass is 79.9. The first-order chi connectivity index (χ1) is 15.3. The van der Waals surface area contributed by atoms with Crippen molar-refractivity contribution in [1.29, 1.82) is 0 Å². The summed E-state index contributed by atoms with van der Waals surface area (Å²) < 4.78 is 5.14. The highest BCUT2D eigenvalue weighted by molar-refractivity contribution is 9.10. The zero-order valence-corrected chi connectivity index (χ0v) is 19.1. The van der Waals surface area contributed by atoms with Crippen LogP contribution in [0.2, 0.25) is 0 Å². The first-order valence-electron chi connectivity index (χ1n) is 9.91. The molecule has 0 aliphatic heterocycles. The fourth-order valence-electron chi connectivity index (χ4n) is 3.56. The maximum Gasteiger partial charge on any atom is 0.332 e. The number of nitrogens with zero attached hydrogens (tertiary/aromatic N) is 4. The Kier molecular flexibility index (Phi) is 5.79. The van der Waals surface area contributed by atoms with Crippen molar-refractivity contribution in [3.05, 3.63) is 78.9 Å². The molecular formula is C22H22BrN5O4. The van der Waals surface area contributed by atoms with Crippen molar-refractivity contribution in [2.24, 2.45) is 14.1 Å². The smallest absolute Gasteiger partial charge is 0.332 e. The van der Waals surface area contributed by atoms with Crippen LogP contribution in [0.25, 0.3) is 11.2 Å². The molecule has 0 radical (unpaired) electrons. The molecule has 0 amide bonds. The zero-order valence-electron chi connectivity index (χ0n) is 17.5. The van der Waals surface area contributed by atoms with E-state index in [0.29, 0.717) is 30.1 Å². The van der Waals surface area contributed by atoms with Crippen molar-refractivity contribution < 1.29 is 10.2 Å². The van der Waals surface area contributed by atoms with Gasteiger partial charge in [-0.25, -0.2) is 4.79 Å². The Balaban J connectivity index is 1.63. The molecule has 4 rings (SSSR count). The van der Waals surface area contributed by atoms with E-state index in [2.05, 4.69) is 26.2 Å². The maximum absolute atomic E-state index is 13.2. The third-order valence-electron chi connectivity index (χ3n) is 5.35. The molecule has 2 heterocycles. The number of rotatable bonds is 6. The SMILES string of the molecule is Cn1c(NCCc2ccc(O)c(O)c2)nc2c1c(=O)n(Cc1ccc(Br)cc1)c(=O)n2C. The number of aromatic hydroxyl groups is 2. The summed E-state index contributed by atoms with van der Waals surface area (Å²) in [5.41, 5.74) is 1.46. The highest BCUT2D eigenvalue weighted by Crippen LogP contribution is 2.25. The van der Waals surface area contributed by atoms with Gasteiger partial charge in [0.15, 0.2) is 22.7 Å². The number of hydrogen-bond donors (Lipinski definition) is 3. The Morgan fingerprint density at radius 3 is 2.34 bits per heavy atom. The molecule has 0 spiro atoms. The summed E-state index contributed by atoms with van der Waals surface area (Å²) in [4.78, 5) is 30.5. The number of aryl methyl sites for hydroxylation is 2. The summed E-state index contributed by atoms with van der Waals surface area (Å²) in [7, 11) is 3.32. The second kappa shape index (κ2) is 8.54. The van der Waals surface area contributed by atoms with Crippen LogP contribution in [0.5, 0.6) is 11.5 Å². The molecule has 166 valence electrons. The molecule has 0 saturated heterocycles. The van der Waals surface area contributed by atoms with Crippen molar-refractivity contribution >= 4 is 33.0 Å². The fraction of sp³-hybridized carbons (Fsp3) is 0.227. The molecule has 0 saturated carbocycles. The number of benzene rings is 2. The van der Waals surface area contributed by atoms with Crippen LogP contribution >= 0.6 is 15.9 Å². The minimum Gasteiger partial charge on any atom is -0.504 e. The molecule has 3 N–H and O–H groups in total. The summed E-state index contributed by atoms with van der Waals surface area (Å²) in [6.45, 7) is 0.634. The summed E-state index contributed by atoms with van der Waals surface area (Å²) in [5, 5.41) is 22.2. The summed E-state index contributed by atoms with van der Waals surface area (Å²) >= 11 is 3.38. The first kappa shape index (κ1) is 21.7. The van der Waals surface area contributed by atoms with Crippen LogP contribution in [0.4, 0.5) is 5.95 Å². The van der Waals surface area contributed by atoms with Gasteiger partial charge in [-0.2, -0.15) is 4.98 Å². The highest BCUT2D eigenvalue weighted by Gasteiger charge is 2.18. The van der Waals surface area contributed by atoms with Crippen LogP contribution < -0.4 is 16.6 Å². The van der Waals surface area contributed by atoms with Gasteiger partial charge in [-0.15, -0.1) is 0 Å². The second-order valence-corrected chi connectivity index (χ2v) is 8.44. The van der Waals surface area contributed by atoms with E-state index >= 15 is 0 Å². The number of aromatic nitrogens is 4. The normalized spacial score (nSPS) is 11.2. The van der Waals surface area contributed by atoms with Gasteiger partial charge in [-0.05, 0) is 41.8 Å². The molecule has 0 aliphatic carbocycles. The lowest BCUT2D eigenvalue weighted by Gasteiger charge is -2.09. The van der Waals surface area contributed by atoms with Crippen molar-refractivity contribution in [3.63, 3.8) is 0 Å². The Labute approximate surface area is 191 Å². The van der Waals surface area contributed by atoms with E-state index < -0.39 is 11.2 Å². The number of nitrogens with one attached hydrogen (secondary N) is 1. The van der Waals surface area contributed by atoms with Crippen molar-refractivity contribution in [3.8, 4) is 11.5 Å². The first-order valence-corrected chi connectivity index (χ1v) is 10.7. The molecule has 32 heavy (non-hydrogen) atoms. The molecule has 0 bridgehead atoms. The third kappa shape index (κ3) is 4.01. The largest absolute Gasteiger partial charge is 0.504 e. The van der Waals surface area contributed by atoms with Gasteiger partial charge in [0, 0.05) is 25.1 Å². The van der Waals surface area contributed by atoms with Gasteiger partial charge >= 0.3 is 5.69 Å². The monoisotopic (exact) mass is 499 g/mol. The van der Waals surface area contributed by atoms with Crippen molar-refractivity contribution in [1.82, 2.24) is 18.7 Å². The number of phenols is 2. The number of fused-ring (bicyclic) bond motifs is 1. The van der Waals surface area contributed by atoms with Crippen molar-refractivity contribution in [2.45, 2.75) is 13.0 Å². The van der Waals surface area contributed by atoms with Gasteiger partial charge in [0.2, 0.25) is 5.95 Å². The zero-order chi connectivity index (χ0) is 23.0. The van der Waals surface area contributed by atoms with Gasteiger partial charge in [0.05, 0.1) is 6.54 Å². The van der Waals surface area contributed by atoms with Gasteiger partial charge < -0.3 is 20.1 Å². The average Bonchev–Trinajstić information content (AvgIpc) is 3.10. The Morgan fingerprint density at radius 2 is 1.66 bits per heavy atom. The predicted octanol–water partition coefficient (Wildman–Crippen LogP) is 2.31. The van der Waals surface area contributed by atoms with E-state index in [4.69, 9.17) is 0 Å². The van der Waals surface area contributed by atoms with E-state index in [-0.39, 0.29) is 18.0 Å². The number of phenolic OH excluding ortho intramolecular Hbond substituents is 2. The quantitative estimate of drug-likeness (QED) is 0.350. The standard InChI is InChI=1S/C22H22BrN5O4/c1-26-18-19(25-21(26)24-10-9-13-5-8-16(29)17(30)11-13)27(2)22(32)28(20(18)31)12-14-3-6-15(23)7-4-14/h3-8,11,29-30H,9-10,12H2,1-2H3,(H,24,25). The summed E-state index contributed by atoms with van der Waals surface area (Å²) in [5.74, 6) is 0.112. The molecule has 4 aromatic rings. The lowest BCUT2D eigenvalue weighted by atomic mass is 10.1. The van der Waals surface area contributed by atoms with Crippen LogP contribution in [0.3, 0.4) is 0 Å². The number of hydrogen-bond acceptors (Lipinski definition) is 6. The van der Waals surface area contributed by atoms with Crippen LogP contribution in [-0.2, 0) is 27.1 Å². The Bertz CT molecular complexity index is 1420. The minimum absolute atomic E-state index is 0.160.